The molecular weight excluding hydrogens is 324 g/mol. The van der Waals surface area contributed by atoms with Crippen molar-refractivity contribution >= 4 is 17.3 Å². The summed E-state index contributed by atoms with van der Waals surface area (Å²) in [7, 11) is 3.67. The predicted molar refractivity (Wildman–Crippen MR) is 90.6 cm³/mol. The largest absolute Gasteiger partial charge is 0.365 e. The van der Waals surface area contributed by atoms with Crippen molar-refractivity contribution in [3.8, 4) is 6.07 Å². The van der Waals surface area contributed by atoms with Gasteiger partial charge in [-0.25, -0.2) is 0 Å². The van der Waals surface area contributed by atoms with Gasteiger partial charge in [-0.3, -0.25) is 10.1 Å². The molecule has 1 aliphatic rings. The van der Waals surface area contributed by atoms with Crippen molar-refractivity contribution in [1.29, 1.82) is 5.26 Å². The van der Waals surface area contributed by atoms with E-state index in [0.717, 1.165) is 12.8 Å². The lowest BCUT2D eigenvalue weighted by molar-refractivity contribution is -0.384. The lowest BCUT2D eigenvalue weighted by atomic mass is 9.97. The van der Waals surface area contributed by atoms with E-state index in [1.54, 1.807) is 17.0 Å². The Kier molecular flexibility index (Phi) is 4.52. The van der Waals surface area contributed by atoms with Gasteiger partial charge in [0.2, 0.25) is 5.89 Å². The maximum absolute atomic E-state index is 11.4. The molecule has 0 N–H and O–H groups in total. The van der Waals surface area contributed by atoms with E-state index in [-0.39, 0.29) is 17.2 Å². The Morgan fingerprint density at radius 3 is 2.92 bits per heavy atom. The molecule has 0 amide bonds. The second kappa shape index (κ2) is 6.76. The fraction of sp³-hybridized carbons (Fsp3) is 0.438. The molecular formula is C16H18N6O3. The van der Waals surface area contributed by atoms with E-state index in [9.17, 15) is 10.1 Å². The summed E-state index contributed by atoms with van der Waals surface area (Å²) in [6, 6.07) is 6.49. The first kappa shape index (κ1) is 16.7. The molecule has 0 spiro atoms. The van der Waals surface area contributed by atoms with Crippen LogP contribution in [0.1, 0.15) is 30.2 Å². The molecule has 0 unspecified atom stereocenters. The molecule has 1 aliphatic heterocycles. The number of nitro benzene ring substituents is 1. The number of hydrogen-bond donors (Lipinski definition) is 0. The molecule has 2 heterocycles. The maximum atomic E-state index is 11.4. The van der Waals surface area contributed by atoms with E-state index in [1.165, 1.54) is 6.07 Å². The molecule has 0 aliphatic carbocycles. The smallest absolute Gasteiger partial charge is 0.293 e. The average Bonchev–Trinajstić information content (AvgIpc) is 3.11. The highest BCUT2D eigenvalue weighted by Crippen LogP contribution is 2.35. The van der Waals surface area contributed by atoms with E-state index in [4.69, 9.17) is 9.78 Å². The van der Waals surface area contributed by atoms with Crippen LogP contribution in [0.3, 0.4) is 0 Å². The molecule has 130 valence electrons. The Balaban J connectivity index is 1.86. The van der Waals surface area contributed by atoms with Crippen molar-refractivity contribution in [3.05, 3.63) is 39.8 Å². The van der Waals surface area contributed by atoms with Crippen molar-refractivity contribution in [2.75, 3.05) is 37.0 Å². The minimum atomic E-state index is -0.448. The highest BCUT2D eigenvalue weighted by molar-refractivity contribution is 5.66. The summed E-state index contributed by atoms with van der Waals surface area (Å²) >= 11 is 0. The Labute approximate surface area is 144 Å². The van der Waals surface area contributed by atoms with Crippen LogP contribution in [-0.2, 0) is 0 Å². The normalized spacial score (nSPS) is 17.2. The fourth-order valence-electron chi connectivity index (χ4n) is 2.98. The lowest BCUT2D eigenvalue weighted by Gasteiger charge is -2.32. The molecule has 1 saturated heterocycles. The SMILES string of the molecule is CN(C)c1noc([C@@H]2CCCN(c3ccc(C#N)cc3[N+](=O)[O-])C2)n1. The number of nitriles is 1. The Morgan fingerprint density at radius 2 is 2.28 bits per heavy atom. The molecule has 9 nitrogen and oxygen atoms in total. The van der Waals surface area contributed by atoms with Crippen molar-refractivity contribution in [2.24, 2.45) is 0 Å². The zero-order chi connectivity index (χ0) is 18.0. The Bertz CT molecular complexity index is 826. The average molecular weight is 342 g/mol. The van der Waals surface area contributed by atoms with Gasteiger partial charge in [0.1, 0.15) is 5.69 Å². The minimum absolute atomic E-state index is 0.0187. The van der Waals surface area contributed by atoms with Gasteiger partial charge >= 0.3 is 0 Å². The van der Waals surface area contributed by atoms with Gasteiger partial charge in [0.15, 0.2) is 0 Å². The van der Waals surface area contributed by atoms with Crippen molar-refractivity contribution in [3.63, 3.8) is 0 Å². The number of anilines is 2. The highest BCUT2D eigenvalue weighted by atomic mass is 16.6. The van der Waals surface area contributed by atoms with Gasteiger partial charge < -0.3 is 14.3 Å². The molecule has 3 rings (SSSR count). The van der Waals surface area contributed by atoms with Gasteiger partial charge in [-0.15, -0.1) is 0 Å². The number of piperidine rings is 1. The standard InChI is InChI=1S/C16H18N6O3/c1-20(2)16-18-15(25-19-16)12-4-3-7-21(10-12)13-6-5-11(9-17)8-14(13)22(23)24/h5-6,8,12H,3-4,7,10H2,1-2H3/t12-/m1/s1. The molecule has 1 atom stereocenters. The summed E-state index contributed by atoms with van der Waals surface area (Å²) in [6.07, 6.45) is 1.75. The fourth-order valence-corrected chi connectivity index (χ4v) is 2.98. The summed E-state index contributed by atoms with van der Waals surface area (Å²) in [4.78, 5) is 19.0. The third-order valence-corrected chi connectivity index (χ3v) is 4.24. The molecule has 1 fully saturated rings. The lowest BCUT2D eigenvalue weighted by Crippen LogP contribution is -2.35. The van der Waals surface area contributed by atoms with Crippen LogP contribution in [0.4, 0.5) is 17.3 Å². The zero-order valence-electron chi connectivity index (χ0n) is 14.0. The van der Waals surface area contributed by atoms with Crippen LogP contribution in [0, 0.1) is 21.4 Å². The Morgan fingerprint density at radius 1 is 1.48 bits per heavy atom. The van der Waals surface area contributed by atoms with Gasteiger partial charge in [0.05, 0.1) is 22.5 Å². The quantitative estimate of drug-likeness (QED) is 0.614. The number of hydrogen-bond acceptors (Lipinski definition) is 8. The van der Waals surface area contributed by atoms with E-state index in [1.807, 2.05) is 25.1 Å². The maximum Gasteiger partial charge on any atom is 0.293 e. The second-order valence-electron chi connectivity index (χ2n) is 6.18. The van der Waals surface area contributed by atoms with Crippen LogP contribution in [0.15, 0.2) is 22.7 Å². The van der Waals surface area contributed by atoms with Gasteiger partial charge in [-0.1, -0.05) is 0 Å². The van der Waals surface area contributed by atoms with Crippen LogP contribution in [0.25, 0.3) is 0 Å². The molecule has 2 aromatic rings. The number of aromatic nitrogens is 2. The molecule has 1 aromatic heterocycles. The summed E-state index contributed by atoms with van der Waals surface area (Å²) in [5, 5.41) is 24.3. The molecule has 9 heteroatoms. The van der Waals surface area contributed by atoms with Gasteiger partial charge in [0, 0.05) is 33.3 Å². The van der Waals surface area contributed by atoms with Gasteiger partial charge in [0.25, 0.3) is 11.6 Å². The number of rotatable bonds is 4. The summed E-state index contributed by atoms with van der Waals surface area (Å²) < 4.78 is 5.36. The molecule has 0 saturated carbocycles. The summed E-state index contributed by atoms with van der Waals surface area (Å²) in [6.45, 7) is 1.26. The van der Waals surface area contributed by atoms with Crippen LogP contribution < -0.4 is 9.80 Å². The number of nitro groups is 1. The molecule has 1 aromatic carbocycles. The predicted octanol–water partition coefficient (Wildman–Crippen LogP) is 2.30. The summed E-state index contributed by atoms with van der Waals surface area (Å²) in [5.74, 6) is 1.08. The van der Waals surface area contributed by atoms with Crippen LogP contribution in [0.2, 0.25) is 0 Å². The van der Waals surface area contributed by atoms with Crippen molar-refractivity contribution in [1.82, 2.24) is 10.1 Å². The van der Waals surface area contributed by atoms with Gasteiger partial charge in [-0.2, -0.15) is 10.2 Å². The number of benzene rings is 1. The molecule has 0 radical (unpaired) electrons. The van der Waals surface area contributed by atoms with E-state index >= 15 is 0 Å². The van der Waals surface area contributed by atoms with Crippen LogP contribution >= 0.6 is 0 Å². The van der Waals surface area contributed by atoms with Crippen molar-refractivity contribution < 1.29 is 9.45 Å². The van der Waals surface area contributed by atoms with E-state index in [2.05, 4.69) is 10.1 Å². The summed E-state index contributed by atoms with van der Waals surface area (Å²) in [5.41, 5.74) is 0.733. The monoisotopic (exact) mass is 342 g/mol. The minimum Gasteiger partial charge on any atom is -0.365 e. The first-order chi connectivity index (χ1) is 12.0. The van der Waals surface area contributed by atoms with E-state index < -0.39 is 4.92 Å². The van der Waals surface area contributed by atoms with Crippen LogP contribution in [-0.4, -0.2) is 42.2 Å². The van der Waals surface area contributed by atoms with Crippen molar-refractivity contribution in [2.45, 2.75) is 18.8 Å². The van der Waals surface area contributed by atoms with Gasteiger partial charge in [-0.05, 0) is 30.1 Å². The molecule has 25 heavy (non-hydrogen) atoms. The topological polar surface area (TPSA) is 112 Å². The third-order valence-electron chi connectivity index (χ3n) is 4.24. The highest BCUT2D eigenvalue weighted by Gasteiger charge is 2.29. The first-order valence-corrected chi connectivity index (χ1v) is 7.94. The Hall–Kier alpha value is -3.15. The van der Waals surface area contributed by atoms with E-state index in [0.29, 0.717) is 30.6 Å². The zero-order valence-corrected chi connectivity index (χ0v) is 14.0. The van der Waals surface area contributed by atoms with Crippen LogP contribution in [0.5, 0.6) is 0 Å². The second-order valence-corrected chi connectivity index (χ2v) is 6.18. The molecule has 0 bridgehead atoms. The number of nitrogens with zero attached hydrogens (tertiary/aromatic N) is 6. The first-order valence-electron chi connectivity index (χ1n) is 7.94. The third kappa shape index (κ3) is 3.38.